The van der Waals surface area contributed by atoms with Crippen molar-refractivity contribution >= 4 is 26.8 Å². The summed E-state index contributed by atoms with van der Waals surface area (Å²) in [5.74, 6) is 1.37. The molecule has 0 aliphatic carbocycles. The Morgan fingerprint density at radius 1 is 1.35 bits per heavy atom. The molecule has 2 aromatic heterocycles. The van der Waals surface area contributed by atoms with E-state index in [0.29, 0.717) is 31.2 Å². The fraction of sp³-hybridized carbons (Fsp3) is 0.412. The van der Waals surface area contributed by atoms with Gasteiger partial charge in [-0.25, -0.2) is 13.4 Å². The summed E-state index contributed by atoms with van der Waals surface area (Å²) >= 11 is 0. The molecule has 0 spiro atoms. The lowest BCUT2D eigenvalue weighted by Crippen LogP contribution is -2.26. The minimum absolute atomic E-state index is 0.351. The van der Waals surface area contributed by atoms with Gasteiger partial charge in [0.15, 0.2) is 9.84 Å². The number of anilines is 1. The number of aryl methyl sites for hydroxylation is 1. The number of benzene rings is 1. The second-order valence-electron chi connectivity index (χ2n) is 6.69. The molecule has 138 valence electrons. The van der Waals surface area contributed by atoms with Crippen molar-refractivity contribution in [2.24, 2.45) is 7.05 Å². The van der Waals surface area contributed by atoms with Crippen molar-refractivity contribution in [1.29, 1.82) is 0 Å². The van der Waals surface area contributed by atoms with E-state index in [2.05, 4.69) is 10.1 Å². The third-order valence-corrected chi connectivity index (χ3v) is 6.48. The molecule has 0 saturated carbocycles. The zero-order valence-electron chi connectivity index (χ0n) is 14.9. The number of sulfone groups is 1. The molecule has 0 unspecified atom stereocenters. The number of aromatic nitrogens is 4. The summed E-state index contributed by atoms with van der Waals surface area (Å²) in [7, 11) is 0.437. The predicted molar refractivity (Wildman–Crippen MR) is 100 cm³/mol. The zero-order valence-corrected chi connectivity index (χ0v) is 15.7. The molecular formula is C17H21N5O3S. The van der Waals surface area contributed by atoms with Crippen LogP contribution in [0.3, 0.4) is 0 Å². The highest BCUT2D eigenvalue weighted by atomic mass is 32.2. The predicted octanol–water partition coefficient (Wildman–Crippen LogP) is 1.60. The van der Waals surface area contributed by atoms with E-state index in [1.54, 1.807) is 18.0 Å². The fourth-order valence-electron chi connectivity index (χ4n) is 3.44. The fourth-order valence-corrected chi connectivity index (χ4v) is 4.42. The van der Waals surface area contributed by atoms with Crippen LogP contribution in [-0.4, -0.2) is 59.9 Å². The third-order valence-electron chi connectivity index (χ3n) is 4.88. The molecule has 1 fully saturated rings. The number of rotatable bonds is 4. The first-order valence-electron chi connectivity index (χ1n) is 8.36. The van der Waals surface area contributed by atoms with Gasteiger partial charge in [0, 0.05) is 43.7 Å². The van der Waals surface area contributed by atoms with E-state index >= 15 is 0 Å². The molecule has 8 nitrogen and oxygen atoms in total. The van der Waals surface area contributed by atoms with E-state index in [1.807, 2.05) is 30.3 Å². The van der Waals surface area contributed by atoms with Gasteiger partial charge >= 0.3 is 0 Å². The van der Waals surface area contributed by atoms with Gasteiger partial charge in [-0.15, -0.1) is 0 Å². The number of imidazole rings is 1. The van der Waals surface area contributed by atoms with Crippen molar-refractivity contribution in [3.8, 4) is 16.9 Å². The summed E-state index contributed by atoms with van der Waals surface area (Å²) in [6, 6.07) is 3.86. The van der Waals surface area contributed by atoms with E-state index in [1.165, 1.54) is 6.26 Å². The molecule has 0 amide bonds. The second kappa shape index (κ2) is 6.01. The molecule has 26 heavy (non-hydrogen) atoms. The summed E-state index contributed by atoms with van der Waals surface area (Å²) in [6.07, 6.45) is 5.64. The Balaban J connectivity index is 1.79. The molecule has 1 atom stereocenters. The highest BCUT2D eigenvalue weighted by molar-refractivity contribution is 7.91. The van der Waals surface area contributed by atoms with Gasteiger partial charge in [-0.05, 0) is 18.6 Å². The zero-order chi connectivity index (χ0) is 18.5. The number of H-pyrrole nitrogens is 1. The summed E-state index contributed by atoms with van der Waals surface area (Å²) in [4.78, 5) is 10.1. The van der Waals surface area contributed by atoms with Crippen LogP contribution in [0.1, 0.15) is 6.42 Å². The van der Waals surface area contributed by atoms with E-state index < -0.39 is 9.84 Å². The van der Waals surface area contributed by atoms with Crippen molar-refractivity contribution in [2.75, 3.05) is 31.4 Å². The molecule has 1 saturated heterocycles. The van der Waals surface area contributed by atoms with Gasteiger partial charge in [0.25, 0.3) is 0 Å². The number of aromatic amines is 1. The van der Waals surface area contributed by atoms with Crippen molar-refractivity contribution in [3.05, 3.63) is 24.5 Å². The summed E-state index contributed by atoms with van der Waals surface area (Å²) < 4.78 is 30.9. The van der Waals surface area contributed by atoms with Crippen LogP contribution in [-0.2, 0) is 16.9 Å². The molecule has 1 aliphatic heterocycles. The maximum absolute atomic E-state index is 11.8. The van der Waals surface area contributed by atoms with Crippen LogP contribution >= 0.6 is 0 Å². The van der Waals surface area contributed by atoms with Gasteiger partial charge < -0.3 is 14.6 Å². The average molecular weight is 375 g/mol. The molecular weight excluding hydrogens is 354 g/mol. The molecule has 9 heteroatoms. The monoisotopic (exact) mass is 375 g/mol. The number of fused-ring (bicyclic) bond motifs is 1. The topological polar surface area (TPSA) is 93.1 Å². The highest BCUT2D eigenvalue weighted by Gasteiger charge is 2.31. The van der Waals surface area contributed by atoms with Crippen molar-refractivity contribution in [2.45, 2.75) is 11.7 Å². The van der Waals surface area contributed by atoms with Crippen LogP contribution in [0.2, 0.25) is 0 Å². The molecule has 1 N–H and O–H groups in total. The minimum Gasteiger partial charge on any atom is -0.494 e. The van der Waals surface area contributed by atoms with Gasteiger partial charge in [-0.2, -0.15) is 5.10 Å². The van der Waals surface area contributed by atoms with Crippen molar-refractivity contribution < 1.29 is 13.2 Å². The maximum atomic E-state index is 11.8. The highest BCUT2D eigenvalue weighted by Crippen LogP contribution is 2.35. The number of nitrogens with one attached hydrogen (secondary N) is 1. The smallest absolute Gasteiger partial charge is 0.203 e. The van der Waals surface area contributed by atoms with Crippen LogP contribution in [0, 0.1) is 0 Å². The Labute approximate surface area is 151 Å². The number of hydrogen-bond donors (Lipinski definition) is 1. The van der Waals surface area contributed by atoms with E-state index in [9.17, 15) is 8.42 Å². The minimum atomic E-state index is -3.05. The van der Waals surface area contributed by atoms with Crippen LogP contribution in [0.5, 0.6) is 5.75 Å². The van der Waals surface area contributed by atoms with Gasteiger partial charge in [-0.1, -0.05) is 0 Å². The SMILES string of the molecule is COc1ccc(-c2cnn(C)c2)c2nc(N3CC[C@@H](S(C)(=O)=O)C3)[nH]c12. The number of hydrogen-bond acceptors (Lipinski definition) is 6. The molecule has 1 aromatic carbocycles. The van der Waals surface area contributed by atoms with Gasteiger partial charge in [-0.3, -0.25) is 4.68 Å². The molecule has 3 aromatic rings. The number of nitrogens with zero attached hydrogens (tertiary/aromatic N) is 4. The van der Waals surface area contributed by atoms with Crippen LogP contribution in [0.25, 0.3) is 22.2 Å². The normalized spacial score (nSPS) is 18.0. The summed E-state index contributed by atoms with van der Waals surface area (Å²) in [5, 5.41) is 3.88. The first-order valence-corrected chi connectivity index (χ1v) is 10.3. The Bertz CT molecular complexity index is 1070. The largest absolute Gasteiger partial charge is 0.494 e. The number of ether oxygens (including phenoxy) is 1. The average Bonchev–Trinajstić information content (AvgIpc) is 3.31. The van der Waals surface area contributed by atoms with E-state index in [0.717, 1.165) is 22.2 Å². The maximum Gasteiger partial charge on any atom is 0.203 e. The molecule has 4 rings (SSSR count). The standard InChI is InChI=1S/C17H21N5O3S/c1-21-9-11(8-18-21)13-4-5-14(25-2)16-15(13)19-17(20-16)22-7-6-12(10-22)26(3,23)24/h4-5,8-9,12H,6-7,10H2,1-3H3,(H,19,20)/t12-/m1/s1. The third kappa shape index (κ3) is 2.82. The van der Waals surface area contributed by atoms with Gasteiger partial charge in [0.1, 0.15) is 16.8 Å². The second-order valence-corrected chi connectivity index (χ2v) is 9.01. The van der Waals surface area contributed by atoms with E-state index in [-0.39, 0.29) is 5.25 Å². The Kier molecular flexibility index (Phi) is 3.91. The van der Waals surface area contributed by atoms with Crippen LogP contribution in [0.15, 0.2) is 24.5 Å². The van der Waals surface area contributed by atoms with Crippen molar-refractivity contribution in [3.63, 3.8) is 0 Å². The summed E-state index contributed by atoms with van der Waals surface area (Å²) in [5.41, 5.74) is 3.51. The first kappa shape index (κ1) is 16.9. The Hall–Kier alpha value is -2.55. The first-order chi connectivity index (χ1) is 12.4. The van der Waals surface area contributed by atoms with Gasteiger partial charge in [0.05, 0.1) is 18.6 Å². The Morgan fingerprint density at radius 3 is 2.77 bits per heavy atom. The number of methoxy groups -OCH3 is 1. The molecule has 3 heterocycles. The lowest BCUT2D eigenvalue weighted by molar-refractivity contribution is 0.419. The van der Waals surface area contributed by atoms with Crippen LogP contribution < -0.4 is 9.64 Å². The molecule has 1 aliphatic rings. The quantitative estimate of drug-likeness (QED) is 0.744. The van der Waals surface area contributed by atoms with Gasteiger partial charge in [0.2, 0.25) is 5.95 Å². The lowest BCUT2D eigenvalue weighted by Gasteiger charge is -2.14. The molecule has 0 bridgehead atoms. The summed E-state index contributed by atoms with van der Waals surface area (Å²) in [6.45, 7) is 1.10. The Morgan fingerprint density at radius 2 is 2.15 bits per heavy atom. The van der Waals surface area contributed by atoms with Crippen LogP contribution in [0.4, 0.5) is 5.95 Å². The van der Waals surface area contributed by atoms with E-state index in [4.69, 9.17) is 9.72 Å². The molecule has 0 radical (unpaired) electrons. The van der Waals surface area contributed by atoms with Crippen molar-refractivity contribution in [1.82, 2.24) is 19.7 Å². The lowest BCUT2D eigenvalue weighted by atomic mass is 10.1.